The Hall–Kier alpha value is -1.10. The van der Waals surface area contributed by atoms with Crippen LogP contribution in [0.4, 0.5) is 0 Å². The van der Waals surface area contributed by atoms with Crippen LogP contribution in [0.2, 0.25) is 0 Å². The number of benzene rings is 1. The first-order chi connectivity index (χ1) is 8.77. The van der Waals surface area contributed by atoms with Gasteiger partial charge in [0.1, 0.15) is 0 Å². The summed E-state index contributed by atoms with van der Waals surface area (Å²) in [6, 6.07) is 9.40. The summed E-state index contributed by atoms with van der Waals surface area (Å²) in [4.78, 5) is 11.9. The van der Waals surface area contributed by atoms with Crippen LogP contribution in [0, 0.1) is 5.92 Å². The van der Waals surface area contributed by atoms with E-state index in [9.17, 15) is 9.90 Å². The molecule has 19 heavy (non-hydrogen) atoms. The summed E-state index contributed by atoms with van der Waals surface area (Å²) >= 11 is 0. The van der Waals surface area contributed by atoms with Gasteiger partial charge in [-0.15, -0.1) is 12.4 Å². The summed E-state index contributed by atoms with van der Waals surface area (Å²) < 4.78 is 0. The van der Waals surface area contributed by atoms with Gasteiger partial charge in [-0.05, 0) is 31.5 Å². The predicted molar refractivity (Wildman–Crippen MR) is 77.3 cm³/mol. The molecule has 1 fully saturated rings. The molecule has 106 valence electrons. The third-order valence-corrected chi connectivity index (χ3v) is 3.36. The molecular formula is C14H21ClN2O2. The molecule has 0 bridgehead atoms. The molecule has 0 aliphatic carbocycles. The highest BCUT2D eigenvalue weighted by Gasteiger charge is 2.21. The second-order valence-electron chi connectivity index (χ2n) is 4.70. The number of piperidine rings is 1. The number of aliphatic hydroxyl groups is 1. The minimum Gasteiger partial charge on any atom is -0.387 e. The minimum absolute atomic E-state index is 0. The number of aliphatic hydroxyl groups excluding tert-OH is 1. The number of carbonyl (C=O) groups excluding carboxylic acids is 1. The molecule has 1 aliphatic heterocycles. The van der Waals surface area contributed by atoms with E-state index < -0.39 is 6.10 Å². The molecule has 2 rings (SSSR count). The maximum Gasteiger partial charge on any atom is 0.223 e. The molecule has 1 aromatic carbocycles. The fourth-order valence-corrected chi connectivity index (χ4v) is 2.22. The van der Waals surface area contributed by atoms with Crippen LogP contribution in [0.15, 0.2) is 30.3 Å². The van der Waals surface area contributed by atoms with Crippen LogP contribution in [0.25, 0.3) is 0 Å². The molecular weight excluding hydrogens is 264 g/mol. The molecule has 1 saturated heterocycles. The highest BCUT2D eigenvalue weighted by Crippen LogP contribution is 2.13. The smallest absolute Gasteiger partial charge is 0.223 e. The van der Waals surface area contributed by atoms with Crippen LogP contribution in [0.3, 0.4) is 0 Å². The molecule has 0 radical (unpaired) electrons. The summed E-state index contributed by atoms with van der Waals surface area (Å²) in [5.74, 6) is 0.153. The van der Waals surface area contributed by atoms with E-state index in [-0.39, 0.29) is 30.8 Å². The van der Waals surface area contributed by atoms with Gasteiger partial charge in [0.25, 0.3) is 0 Å². The highest BCUT2D eigenvalue weighted by atomic mass is 35.5. The molecule has 0 spiro atoms. The Morgan fingerprint density at radius 2 is 1.95 bits per heavy atom. The monoisotopic (exact) mass is 284 g/mol. The lowest BCUT2D eigenvalue weighted by Crippen LogP contribution is -2.39. The normalized spacial score (nSPS) is 17.3. The van der Waals surface area contributed by atoms with Crippen LogP contribution in [0.1, 0.15) is 24.5 Å². The standard InChI is InChI=1S/C14H20N2O2.ClH/c17-13(11-4-2-1-3-5-11)10-16-14(18)12-6-8-15-9-7-12;/h1-5,12-13,15,17H,6-10H2,(H,16,18);1H. The zero-order valence-electron chi connectivity index (χ0n) is 10.8. The fraction of sp³-hybridized carbons (Fsp3) is 0.500. The van der Waals surface area contributed by atoms with Crippen molar-refractivity contribution in [3.63, 3.8) is 0 Å². The molecule has 1 amide bonds. The van der Waals surface area contributed by atoms with E-state index in [0.717, 1.165) is 31.5 Å². The summed E-state index contributed by atoms with van der Waals surface area (Å²) in [7, 11) is 0. The largest absolute Gasteiger partial charge is 0.387 e. The highest BCUT2D eigenvalue weighted by molar-refractivity contribution is 5.85. The third-order valence-electron chi connectivity index (χ3n) is 3.36. The molecule has 0 saturated carbocycles. The Morgan fingerprint density at radius 1 is 1.32 bits per heavy atom. The van der Waals surface area contributed by atoms with E-state index in [1.807, 2.05) is 30.3 Å². The van der Waals surface area contributed by atoms with Gasteiger partial charge in [0.15, 0.2) is 0 Å². The van der Waals surface area contributed by atoms with E-state index in [1.165, 1.54) is 0 Å². The van der Waals surface area contributed by atoms with E-state index in [2.05, 4.69) is 10.6 Å². The first-order valence-corrected chi connectivity index (χ1v) is 6.49. The fourth-order valence-electron chi connectivity index (χ4n) is 2.22. The second-order valence-corrected chi connectivity index (χ2v) is 4.70. The third kappa shape index (κ3) is 4.82. The number of carbonyl (C=O) groups is 1. The van der Waals surface area contributed by atoms with Gasteiger partial charge in [-0.2, -0.15) is 0 Å². The summed E-state index contributed by atoms with van der Waals surface area (Å²) in [6.45, 7) is 2.09. The molecule has 1 aliphatic rings. The number of nitrogens with one attached hydrogen (secondary N) is 2. The van der Waals surface area contributed by atoms with Crippen molar-refractivity contribution in [1.29, 1.82) is 0 Å². The Kier molecular flexibility index (Phi) is 6.84. The lowest BCUT2D eigenvalue weighted by atomic mass is 9.97. The van der Waals surface area contributed by atoms with Crippen LogP contribution < -0.4 is 10.6 Å². The molecule has 1 atom stereocenters. The van der Waals surface area contributed by atoms with E-state index >= 15 is 0 Å². The van der Waals surface area contributed by atoms with Crippen molar-refractivity contribution in [3.8, 4) is 0 Å². The maximum absolute atomic E-state index is 11.9. The molecule has 0 aromatic heterocycles. The Bertz CT molecular complexity index is 380. The van der Waals surface area contributed by atoms with E-state index in [4.69, 9.17) is 0 Å². The number of hydrogen-bond donors (Lipinski definition) is 3. The van der Waals surface area contributed by atoms with Gasteiger partial charge in [0, 0.05) is 12.5 Å². The molecule has 4 nitrogen and oxygen atoms in total. The first-order valence-electron chi connectivity index (χ1n) is 6.49. The van der Waals surface area contributed by atoms with Gasteiger partial charge >= 0.3 is 0 Å². The summed E-state index contributed by atoms with van der Waals surface area (Å²) in [5.41, 5.74) is 0.836. The predicted octanol–water partition coefficient (Wildman–Crippen LogP) is 1.26. The van der Waals surface area contributed by atoms with Crippen molar-refractivity contribution in [2.45, 2.75) is 18.9 Å². The Balaban J connectivity index is 0.00000180. The number of amides is 1. The average Bonchev–Trinajstić information content (AvgIpc) is 2.46. The van der Waals surface area contributed by atoms with Gasteiger partial charge in [0.2, 0.25) is 5.91 Å². The van der Waals surface area contributed by atoms with Crippen molar-refractivity contribution >= 4 is 18.3 Å². The minimum atomic E-state index is -0.628. The molecule has 1 aromatic rings. The number of halogens is 1. The van der Waals surface area contributed by atoms with E-state index in [1.54, 1.807) is 0 Å². The van der Waals surface area contributed by atoms with Crippen molar-refractivity contribution in [1.82, 2.24) is 10.6 Å². The van der Waals surface area contributed by atoms with Crippen LogP contribution in [0.5, 0.6) is 0 Å². The first kappa shape index (κ1) is 16.0. The van der Waals surface area contributed by atoms with Crippen molar-refractivity contribution in [3.05, 3.63) is 35.9 Å². The van der Waals surface area contributed by atoms with Gasteiger partial charge in [-0.1, -0.05) is 30.3 Å². The second kappa shape index (κ2) is 8.15. The Morgan fingerprint density at radius 3 is 2.58 bits per heavy atom. The van der Waals surface area contributed by atoms with Crippen molar-refractivity contribution in [2.24, 2.45) is 5.92 Å². The van der Waals surface area contributed by atoms with Crippen LogP contribution in [-0.2, 0) is 4.79 Å². The zero-order chi connectivity index (χ0) is 12.8. The SMILES string of the molecule is Cl.O=C(NCC(O)c1ccccc1)C1CCNCC1. The van der Waals surface area contributed by atoms with Crippen LogP contribution >= 0.6 is 12.4 Å². The number of hydrogen-bond acceptors (Lipinski definition) is 3. The van der Waals surface area contributed by atoms with E-state index in [0.29, 0.717) is 0 Å². The Labute approximate surface area is 120 Å². The van der Waals surface area contributed by atoms with Crippen LogP contribution in [-0.4, -0.2) is 30.6 Å². The zero-order valence-corrected chi connectivity index (χ0v) is 11.7. The van der Waals surface area contributed by atoms with Gasteiger partial charge in [-0.3, -0.25) is 4.79 Å². The summed E-state index contributed by atoms with van der Waals surface area (Å²) in [5, 5.41) is 16.0. The van der Waals surface area contributed by atoms with Gasteiger partial charge in [-0.25, -0.2) is 0 Å². The molecule has 3 N–H and O–H groups in total. The average molecular weight is 285 g/mol. The molecule has 1 unspecified atom stereocenters. The lowest BCUT2D eigenvalue weighted by molar-refractivity contribution is -0.126. The summed E-state index contributed by atoms with van der Waals surface area (Å²) in [6.07, 6.45) is 1.14. The van der Waals surface area contributed by atoms with Crippen molar-refractivity contribution < 1.29 is 9.90 Å². The molecule has 5 heteroatoms. The quantitative estimate of drug-likeness (QED) is 0.780. The lowest BCUT2D eigenvalue weighted by Gasteiger charge is -2.22. The van der Waals surface area contributed by atoms with Crippen molar-refractivity contribution in [2.75, 3.05) is 19.6 Å². The maximum atomic E-state index is 11.9. The topological polar surface area (TPSA) is 61.4 Å². The molecule has 1 heterocycles. The van der Waals surface area contributed by atoms with Gasteiger partial charge < -0.3 is 15.7 Å². The number of rotatable bonds is 4. The van der Waals surface area contributed by atoms with Gasteiger partial charge in [0.05, 0.1) is 6.10 Å².